The van der Waals surface area contributed by atoms with Crippen molar-refractivity contribution >= 4 is 5.69 Å². The van der Waals surface area contributed by atoms with Crippen LogP contribution in [0.1, 0.15) is 12.5 Å². The quantitative estimate of drug-likeness (QED) is 0.890. The van der Waals surface area contributed by atoms with E-state index < -0.39 is 17.5 Å². The first-order valence-corrected chi connectivity index (χ1v) is 6.20. The van der Waals surface area contributed by atoms with Gasteiger partial charge < -0.3 is 10.1 Å². The van der Waals surface area contributed by atoms with E-state index in [1.807, 2.05) is 0 Å². The summed E-state index contributed by atoms with van der Waals surface area (Å²) in [6, 6.07) is 7.57. The van der Waals surface area contributed by atoms with Gasteiger partial charge in [-0.1, -0.05) is 0 Å². The predicted molar refractivity (Wildman–Crippen MR) is 71.3 cm³/mol. The number of benzene rings is 2. The highest BCUT2D eigenvalue weighted by Crippen LogP contribution is 2.22. The average molecular weight is 281 g/mol. The van der Waals surface area contributed by atoms with Crippen LogP contribution in [0.4, 0.5) is 18.9 Å². The van der Waals surface area contributed by atoms with E-state index in [1.165, 1.54) is 12.1 Å². The van der Waals surface area contributed by atoms with Crippen LogP contribution in [0.3, 0.4) is 0 Å². The van der Waals surface area contributed by atoms with Crippen molar-refractivity contribution in [2.24, 2.45) is 0 Å². The Morgan fingerprint density at radius 1 is 1.00 bits per heavy atom. The fourth-order valence-electron chi connectivity index (χ4n) is 1.76. The van der Waals surface area contributed by atoms with E-state index in [9.17, 15) is 13.2 Å². The molecule has 0 saturated carbocycles. The summed E-state index contributed by atoms with van der Waals surface area (Å²) in [5.74, 6) is -1.36. The van der Waals surface area contributed by atoms with Gasteiger partial charge in [-0.15, -0.1) is 0 Å². The zero-order valence-electron chi connectivity index (χ0n) is 10.9. The highest BCUT2D eigenvalue weighted by molar-refractivity contribution is 5.47. The molecule has 106 valence electrons. The molecule has 0 atom stereocenters. The zero-order chi connectivity index (χ0) is 14.5. The average Bonchev–Trinajstić information content (AvgIpc) is 2.43. The van der Waals surface area contributed by atoms with Crippen molar-refractivity contribution in [3.05, 3.63) is 59.4 Å². The molecule has 0 fully saturated rings. The molecule has 2 nitrogen and oxygen atoms in total. The summed E-state index contributed by atoms with van der Waals surface area (Å²) in [4.78, 5) is 0. The van der Waals surface area contributed by atoms with E-state index in [4.69, 9.17) is 4.74 Å². The maximum absolute atomic E-state index is 13.6. The molecule has 0 saturated heterocycles. The van der Waals surface area contributed by atoms with Gasteiger partial charge in [0.1, 0.15) is 11.6 Å². The number of anilines is 1. The lowest BCUT2D eigenvalue weighted by atomic mass is 10.2. The summed E-state index contributed by atoms with van der Waals surface area (Å²) in [7, 11) is 0. The molecule has 0 heterocycles. The molecule has 0 aliphatic rings. The molecule has 2 aromatic carbocycles. The predicted octanol–water partition coefficient (Wildman–Crippen LogP) is 4.11. The second-order valence-electron chi connectivity index (χ2n) is 4.17. The smallest absolute Gasteiger partial charge is 0.167 e. The van der Waals surface area contributed by atoms with Gasteiger partial charge in [-0.3, -0.25) is 0 Å². The molecular formula is C15H14F3NO. The summed E-state index contributed by atoms with van der Waals surface area (Å²) in [6.07, 6.45) is 0. The lowest BCUT2D eigenvalue weighted by Crippen LogP contribution is -2.03. The molecule has 1 N–H and O–H groups in total. The van der Waals surface area contributed by atoms with Crippen LogP contribution in [0.5, 0.6) is 5.75 Å². The molecule has 0 amide bonds. The van der Waals surface area contributed by atoms with Crippen LogP contribution < -0.4 is 10.1 Å². The van der Waals surface area contributed by atoms with Crippen LogP contribution in [0.15, 0.2) is 36.4 Å². The molecule has 0 aliphatic carbocycles. The molecule has 0 unspecified atom stereocenters. The Balaban J connectivity index is 2.07. The molecular weight excluding hydrogens is 267 g/mol. The molecule has 0 radical (unpaired) electrons. The first-order chi connectivity index (χ1) is 9.60. The number of hydrogen-bond acceptors (Lipinski definition) is 2. The summed E-state index contributed by atoms with van der Waals surface area (Å²) < 4.78 is 45.1. The minimum Gasteiger partial charge on any atom is -0.491 e. The van der Waals surface area contributed by atoms with Crippen LogP contribution in [0.2, 0.25) is 0 Å². The minimum absolute atomic E-state index is 0.0665. The Morgan fingerprint density at radius 2 is 1.80 bits per heavy atom. The van der Waals surface area contributed by atoms with E-state index in [0.717, 1.165) is 18.2 Å². The van der Waals surface area contributed by atoms with Gasteiger partial charge in [0.05, 0.1) is 6.61 Å². The number of hydrogen-bond donors (Lipinski definition) is 1. The molecule has 0 aromatic heterocycles. The maximum Gasteiger partial charge on any atom is 0.167 e. The zero-order valence-corrected chi connectivity index (χ0v) is 10.9. The third-order valence-electron chi connectivity index (χ3n) is 2.72. The van der Waals surface area contributed by atoms with Gasteiger partial charge in [-0.2, -0.15) is 0 Å². The lowest BCUT2D eigenvalue weighted by molar-refractivity contribution is 0.321. The summed E-state index contributed by atoms with van der Waals surface area (Å²) in [5, 5.41) is 2.84. The van der Waals surface area contributed by atoms with Crippen molar-refractivity contribution in [1.29, 1.82) is 0 Å². The number of rotatable bonds is 5. The first kappa shape index (κ1) is 14.2. The van der Waals surface area contributed by atoms with Crippen molar-refractivity contribution in [2.45, 2.75) is 13.5 Å². The van der Waals surface area contributed by atoms with Gasteiger partial charge in [0.25, 0.3) is 0 Å². The number of halogens is 3. The maximum atomic E-state index is 13.6. The Hall–Kier alpha value is -2.17. The van der Waals surface area contributed by atoms with Crippen LogP contribution in [0.25, 0.3) is 0 Å². The van der Waals surface area contributed by atoms with Gasteiger partial charge in [0, 0.05) is 23.9 Å². The van der Waals surface area contributed by atoms with Crippen molar-refractivity contribution in [3.63, 3.8) is 0 Å². The summed E-state index contributed by atoms with van der Waals surface area (Å²) in [6.45, 7) is 2.20. The molecule has 0 spiro atoms. The van der Waals surface area contributed by atoms with E-state index in [1.54, 1.807) is 13.0 Å². The molecule has 5 heteroatoms. The second kappa shape index (κ2) is 6.32. The number of nitrogens with one attached hydrogen (secondary N) is 1. The van der Waals surface area contributed by atoms with E-state index in [0.29, 0.717) is 12.3 Å². The fourth-order valence-corrected chi connectivity index (χ4v) is 1.76. The van der Waals surface area contributed by atoms with Crippen LogP contribution in [-0.4, -0.2) is 6.61 Å². The fraction of sp³-hybridized carbons (Fsp3) is 0.200. The largest absolute Gasteiger partial charge is 0.491 e. The van der Waals surface area contributed by atoms with Crippen molar-refractivity contribution in [3.8, 4) is 5.75 Å². The van der Waals surface area contributed by atoms with Crippen molar-refractivity contribution < 1.29 is 17.9 Å². The highest BCUT2D eigenvalue weighted by atomic mass is 19.1. The Kier molecular flexibility index (Phi) is 4.50. The molecule has 20 heavy (non-hydrogen) atoms. The van der Waals surface area contributed by atoms with Gasteiger partial charge in [-0.25, -0.2) is 13.2 Å². The van der Waals surface area contributed by atoms with Crippen LogP contribution in [-0.2, 0) is 6.54 Å². The second-order valence-corrected chi connectivity index (χ2v) is 4.17. The topological polar surface area (TPSA) is 21.3 Å². The Bertz CT molecular complexity index is 602. The Labute approximate surface area is 115 Å². The summed E-state index contributed by atoms with van der Waals surface area (Å²) in [5.41, 5.74) is 0.647. The van der Waals surface area contributed by atoms with Gasteiger partial charge >= 0.3 is 0 Å². The molecule has 2 aromatic rings. The van der Waals surface area contributed by atoms with Crippen LogP contribution in [0, 0.1) is 17.5 Å². The van der Waals surface area contributed by atoms with Crippen molar-refractivity contribution in [2.75, 3.05) is 11.9 Å². The van der Waals surface area contributed by atoms with E-state index in [2.05, 4.69) is 5.32 Å². The third kappa shape index (κ3) is 3.44. The normalized spacial score (nSPS) is 10.4. The minimum atomic E-state index is -0.513. The van der Waals surface area contributed by atoms with Gasteiger partial charge in [0.15, 0.2) is 11.6 Å². The first-order valence-electron chi connectivity index (χ1n) is 6.20. The van der Waals surface area contributed by atoms with E-state index >= 15 is 0 Å². The Morgan fingerprint density at radius 3 is 2.50 bits per heavy atom. The summed E-state index contributed by atoms with van der Waals surface area (Å²) >= 11 is 0. The van der Waals surface area contributed by atoms with Gasteiger partial charge in [0.2, 0.25) is 0 Å². The van der Waals surface area contributed by atoms with E-state index in [-0.39, 0.29) is 17.9 Å². The molecule has 0 bridgehead atoms. The molecule has 2 rings (SSSR count). The number of ether oxygens (including phenoxy) is 1. The van der Waals surface area contributed by atoms with Gasteiger partial charge in [-0.05, 0) is 37.3 Å². The molecule has 0 aliphatic heterocycles. The third-order valence-corrected chi connectivity index (χ3v) is 2.72. The lowest BCUT2D eigenvalue weighted by Gasteiger charge is -2.10. The monoisotopic (exact) mass is 281 g/mol. The highest BCUT2D eigenvalue weighted by Gasteiger charge is 2.06. The SMILES string of the molecule is CCOc1ccc(NCc2cc(F)ccc2F)cc1F. The van der Waals surface area contributed by atoms with Crippen molar-refractivity contribution in [1.82, 2.24) is 0 Å². The standard InChI is InChI=1S/C15H14F3NO/c1-2-20-15-6-4-12(8-14(15)18)19-9-10-7-11(16)3-5-13(10)17/h3-8,19H,2,9H2,1H3. The van der Waals surface area contributed by atoms with Crippen LogP contribution >= 0.6 is 0 Å².